The first-order valence-electron chi connectivity index (χ1n) is 5.54. The molecule has 19 heavy (non-hydrogen) atoms. The molecule has 0 aliphatic carbocycles. The Balaban J connectivity index is 2.34. The number of aromatic nitrogens is 1. The van der Waals surface area contributed by atoms with E-state index in [9.17, 15) is 9.90 Å². The van der Waals surface area contributed by atoms with Crippen molar-refractivity contribution in [2.75, 3.05) is 11.9 Å². The van der Waals surface area contributed by atoms with Crippen LogP contribution in [-0.2, 0) is 0 Å². The van der Waals surface area contributed by atoms with E-state index in [1.54, 1.807) is 31.3 Å². The van der Waals surface area contributed by atoms with Gasteiger partial charge in [-0.05, 0) is 24.3 Å². The zero-order chi connectivity index (χ0) is 13.8. The second-order valence-corrected chi connectivity index (χ2v) is 3.92. The van der Waals surface area contributed by atoms with Crippen LogP contribution in [0.3, 0.4) is 0 Å². The minimum absolute atomic E-state index is 0.167. The fraction of sp³-hybridized carbons (Fsp3) is 0.0714. The topological polar surface area (TPSA) is 77.2 Å². The van der Waals surface area contributed by atoms with Gasteiger partial charge in [-0.3, -0.25) is 9.78 Å². The van der Waals surface area contributed by atoms with Crippen molar-refractivity contribution >= 4 is 11.6 Å². The van der Waals surface area contributed by atoms with Crippen molar-refractivity contribution < 1.29 is 9.90 Å². The van der Waals surface area contributed by atoms with Crippen LogP contribution in [0.25, 0.3) is 0 Å². The van der Waals surface area contributed by atoms with Crippen LogP contribution < -0.4 is 4.90 Å². The van der Waals surface area contributed by atoms with Crippen molar-refractivity contribution in [1.82, 2.24) is 4.98 Å². The van der Waals surface area contributed by atoms with Gasteiger partial charge in [0.15, 0.2) is 0 Å². The summed E-state index contributed by atoms with van der Waals surface area (Å²) < 4.78 is 0. The van der Waals surface area contributed by atoms with Gasteiger partial charge in [0.1, 0.15) is 5.75 Å². The van der Waals surface area contributed by atoms with E-state index in [2.05, 4.69) is 4.98 Å². The third-order valence-electron chi connectivity index (χ3n) is 2.70. The van der Waals surface area contributed by atoms with Gasteiger partial charge in [-0.2, -0.15) is 5.26 Å². The molecule has 2 aromatic rings. The van der Waals surface area contributed by atoms with Gasteiger partial charge in [-0.25, -0.2) is 0 Å². The molecule has 1 aromatic carbocycles. The van der Waals surface area contributed by atoms with E-state index in [-0.39, 0.29) is 17.2 Å². The van der Waals surface area contributed by atoms with E-state index in [4.69, 9.17) is 5.26 Å². The van der Waals surface area contributed by atoms with Crippen molar-refractivity contribution in [3.63, 3.8) is 0 Å². The predicted molar refractivity (Wildman–Crippen MR) is 69.8 cm³/mol. The number of benzene rings is 1. The lowest BCUT2D eigenvalue weighted by atomic mass is 10.1. The van der Waals surface area contributed by atoms with E-state index in [1.165, 1.54) is 23.4 Å². The molecule has 1 aromatic heterocycles. The van der Waals surface area contributed by atoms with E-state index >= 15 is 0 Å². The van der Waals surface area contributed by atoms with Crippen molar-refractivity contribution in [1.29, 1.82) is 5.26 Å². The molecule has 1 N–H and O–H groups in total. The van der Waals surface area contributed by atoms with Gasteiger partial charge in [0.25, 0.3) is 5.91 Å². The third-order valence-corrected chi connectivity index (χ3v) is 2.70. The minimum Gasteiger partial charge on any atom is -0.505 e. The monoisotopic (exact) mass is 253 g/mol. The van der Waals surface area contributed by atoms with Crippen molar-refractivity contribution in [2.24, 2.45) is 0 Å². The quantitative estimate of drug-likeness (QED) is 0.887. The van der Waals surface area contributed by atoms with Crippen molar-refractivity contribution in [3.8, 4) is 11.8 Å². The van der Waals surface area contributed by atoms with Gasteiger partial charge in [-0.15, -0.1) is 0 Å². The molecule has 1 amide bonds. The molecule has 0 aliphatic rings. The standard InChI is InChI=1S/C14H11N3O2/c1-17(11-4-2-3-10(7-11)8-15)14(19)12-5-6-16-9-13(12)18/h2-7,9,18H,1H3. The predicted octanol–water partition coefficient (Wildman–Crippen LogP) is 1.94. The number of nitrogens with zero attached hydrogens (tertiary/aromatic N) is 3. The summed E-state index contributed by atoms with van der Waals surface area (Å²) in [6.07, 6.45) is 2.65. The Labute approximate surface area is 110 Å². The summed E-state index contributed by atoms with van der Waals surface area (Å²) in [5.74, 6) is -0.536. The lowest BCUT2D eigenvalue weighted by Gasteiger charge is -2.17. The molecule has 0 fully saturated rings. The number of aromatic hydroxyl groups is 1. The maximum atomic E-state index is 12.2. The Morgan fingerprint density at radius 1 is 1.42 bits per heavy atom. The van der Waals surface area contributed by atoms with Crippen LogP contribution in [0.5, 0.6) is 5.75 Å². The Morgan fingerprint density at radius 3 is 2.89 bits per heavy atom. The summed E-state index contributed by atoms with van der Waals surface area (Å²) in [6.45, 7) is 0. The van der Waals surface area contributed by atoms with Crippen LogP contribution in [0, 0.1) is 11.3 Å². The van der Waals surface area contributed by atoms with Gasteiger partial charge in [0, 0.05) is 18.9 Å². The fourth-order valence-corrected chi connectivity index (χ4v) is 1.65. The van der Waals surface area contributed by atoms with Crippen molar-refractivity contribution in [3.05, 3.63) is 53.9 Å². The average molecular weight is 253 g/mol. The van der Waals surface area contributed by atoms with E-state index < -0.39 is 0 Å². The number of carbonyl (C=O) groups is 1. The second-order valence-electron chi connectivity index (χ2n) is 3.92. The van der Waals surface area contributed by atoms with Gasteiger partial charge in [-0.1, -0.05) is 6.07 Å². The number of hydrogen-bond acceptors (Lipinski definition) is 4. The Kier molecular flexibility index (Phi) is 3.44. The maximum Gasteiger partial charge on any atom is 0.261 e. The first-order chi connectivity index (χ1) is 9.13. The van der Waals surface area contributed by atoms with Crippen molar-refractivity contribution in [2.45, 2.75) is 0 Å². The highest BCUT2D eigenvalue weighted by atomic mass is 16.3. The smallest absolute Gasteiger partial charge is 0.261 e. The van der Waals surface area contributed by atoms with Gasteiger partial charge >= 0.3 is 0 Å². The molecule has 0 atom stereocenters. The number of carbonyl (C=O) groups excluding carboxylic acids is 1. The molecule has 2 rings (SSSR count). The van der Waals surface area contributed by atoms with Crippen LogP contribution in [0.2, 0.25) is 0 Å². The summed E-state index contributed by atoms with van der Waals surface area (Å²) >= 11 is 0. The summed E-state index contributed by atoms with van der Waals surface area (Å²) in [5, 5.41) is 18.5. The third kappa shape index (κ3) is 2.53. The Bertz CT molecular complexity index is 662. The molecule has 94 valence electrons. The molecule has 5 nitrogen and oxygen atoms in total. The van der Waals surface area contributed by atoms with Gasteiger partial charge in [0.2, 0.25) is 0 Å². The number of pyridine rings is 1. The molecule has 5 heteroatoms. The lowest BCUT2D eigenvalue weighted by molar-refractivity contribution is 0.0990. The molecule has 0 saturated carbocycles. The Morgan fingerprint density at radius 2 is 2.21 bits per heavy atom. The van der Waals surface area contributed by atoms with Crippen LogP contribution in [0.4, 0.5) is 5.69 Å². The van der Waals surface area contributed by atoms with Crippen LogP contribution in [0.1, 0.15) is 15.9 Å². The molecular weight excluding hydrogens is 242 g/mol. The molecule has 0 spiro atoms. The number of anilines is 1. The number of amides is 1. The van der Waals surface area contributed by atoms with E-state index in [0.29, 0.717) is 11.3 Å². The molecular formula is C14H11N3O2. The first kappa shape index (κ1) is 12.6. The molecule has 0 aliphatic heterocycles. The molecule has 1 heterocycles. The molecule has 0 bridgehead atoms. The van der Waals surface area contributed by atoms with E-state index in [1.807, 2.05) is 6.07 Å². The largest absolute Gasteiger partial charge is 0.505 e. The normalized spacial score (nSPS) is 9.68. The highest BCUT2D eigenvalue weighted by Gasteiger charge is 2.17. The molecule has 0 radical (unpaired) electrons. The number of hydrogen-bond donors (Lipinski definition) is 1. The maximum absolute atomic E-state index is 12.2. The van der Waals surface area contributed by atoms with Gasteiger partial charge in [0.05, 0.1) is 23.4 Å². The number of rotatable bonds is 2. The van der Waals surface area contributed by atoms with Crippen LogP contribution in [-0.4, -0.2) is 23.0 Å². The summed E-state index contributed by atoms with van der Waals surface area (Å²) in [4.78, 5) is 17.3. The van der Waals surface area contributed by atoms with Gasteiger partial charge < -0.3 is 10.0 Å². The van der Waals surface area contributed by atoms with E-state index in [0.717, 1.165) is 0 Å². The summed E-state index contributed by atoms with van der Waals surface area (Å²) in [5.41, 5.74) is 1.22. The highest BCUT2D eigenvalue weighted by molar-refractivity contribution is 6.07. The number of nitriles is 1. The average Bonchev–Trinajstić information content (AvgIpc) is 2.46. The highest BCUT2D eigenvalue weighted by Crippen LogP contribution is 2.21. The van der Waals surface area contributed by atoms with Crippen LogP contribution in [0.15, 0.2) is 42.7 Å². The first-order valence-corrected chi connectivity index (χ1v) is 5.54. The fourth-order valence-electron chi connectivity index (χ4n) is 1.65. The molecule has 0 unspecified atom stereocenters. The Hall–Kier alpha value is -2.87. The minimum atomic E-state index is -0.366. The summed E-state index contributed by atoms with van der Waals surface area (Å²) in [6, 6.07) is 10.1. The zero-order valence-corrected chi connectivity index (χ0v) is 10.2. The molecule has 0 saturated heterocycles. The zero-order valence-electron chi connectivity index (χ0n) is 10.2. The summed E-state index contributed by atoms with van der Waals surface area (Å²) in [7, 11) is 1.58. The SMILES string of the molecule is CN(C(=O)c1ccncc1O)c1cccc(C#N)c1. The lowest BCUT2D eigenvalue weighted by Crippen LogP contribution is -2.26. The van der Waals surface area contributed by atoms with Crippen LogP contribution >= 0.6 is 0 Å². The second kappa shape index (κ2) is 5.19.